The van der Waals surface area contributed by atoms with Gasteiger partial charge in [0.2, 0.25) is 0 Å². The van der Waals surface area contributed by atoms with Crippen LogP contribution < -0.4 is 15.6 Å². The SMILES string of the molecule is CC(C)(C)OC(=O)NCCOc1cc(Cn2cncc2Cc2ccc(-n3cc(Cl)ccc3=O)nc2)ccc1C#N. The van der Waals surface area contributed by atoms with Gasteiger partial charge in [0.05, 0.1) is 23.5 Å². The van der Waals surface area contributed by atoms with Gasteiger partial charge in [-0.25, -0.2) is 14.8 Å². The molecule has 0 aliphatic heterocycles. The lowest BCUT2D eigenvalue weighted by Gasteiger charge is -2.19. The van der Waals surface area contributed by atoms with Gasteiger partial charge in [0.15, 0.2) is 0 Å². The van der Waals surface area contributed by atoms with Gasteiger partial charge in [-0.3, -0.25) is 9.36 Å². The zero-order valence-electron chi connectivity index (χ0n) is 22.4. The van der Waals surface area contributed by atoms with Crippen molar-refractivity contribution in [1.29, 1.82) is 5.26 Å². The molecule has 11 heteroatoms. The van der Waals surface area contributed by atoms with E-state index in [1.165, 1.54) is 16.8 Å². The number of nitrogens with zero attached hydrogens (tertiary/aromatic N) is 5. The first-order chi connectivity index (χ1) is 19.1. The molecule has 1 N–H and O–H groups in total. The van der Waals surface area contributed by atoms with Crippen LogP contribution in [0, 0.1) is 11.3 Å². The molecule has 0 saturated carbocycles. The number of hydrogen-bond acceptors (Lipinski definition) is 7. The number of pyridine rings is 2. The fourth-order valence-corrected chi connectivity index (χ4v) is 4.01. The normalized spacial score (nSPS) is 11.1. The quantitative estimate of drug-likeness (QED) is 0.299. The Morgan fingerprint density at radius 1 is 1.12 bits per heavy atom. The fraction of sp³-hybridized carbons (Fsp3) is 0.276. The van der Waals surface area contributed by atoms with Crippen LogP contribution in [0.2, 0.25) is 5.02 Å². The molecule has 3 heterocycles. The fourth-order valence-electron chi connectivity index (χ4n) is 3.85. The summed E-state index contributed by atoms with van der Waals surface area (Å²) in [5, 5.41) is 12.6. The molecule has 0 spiro atoms. The lowest BCUT2D eigenvalue weighted by molar-refractivity contribution is 0.0520. The lowest BCUT2D eigenvalue weighted by Crippen LogP contribution is -2.34. The Bertz CT molecular complexity index is 1580. The van der Waals surface area contributed by atoms with Crippen LogP contribution in [0.25, 0.3) is 5.82 Å². The van der Waals surface area contributed by atoms with E-state index in [2.05, 4.69) is 21.4 Å². The van der Waals surface area contributed by atoms with E-state index in [0.29, 0.717) is 35.1 Å². The first-order valence-corrected chi connectivity index (χ1v) is 12.9. The summed E-state index contributed by atoms with van der Waals surface area (Å²) in [5.41, 5.74) is 2.42. The van der Waals surface area contributed by atoms with Gasteiger partial charge in [-0.2, -0.15) is 5.26 Å². The van der Waals surface area contributed by atoms with Crippen molar-refractivity contribution >= 4 is 17.7 Å². The molecule has 0 fully saturated rings. The molecule has 0 bridgehead atoms. The predicted molar refractivity (Wildman–Crippen MR) is 150 cm³/mol. The molecule has 0 radical (unpaired) electrons. The highest BCUT2D eigenvalue weighted by Gasteiger charge is 2.16. The van der Waals surface area contributed by atoms with Gasteiger partial charge < -0.3 is 19.4 Å². The van der Waals surface area contributed by atoms with Gasteiger partial charge in [0.1, 0.15) is 29.8 Å². The number of hydrogen-bond donors (Lipinski definition) is 1. The first kappa shape index (κ1) is 28.4. The van der Waals surface area contributed by atoms with Crippen LogP contribution >= 0.6 is 11.6 Å². The van der Waals surface area contributed by atoms with Crippen LogP contribution in [0.1, 0.15) is 43.2 Å². The summed E-state index contributed by atoms with van der Waals surface area (Å²) in [6.45, 7) is 6.29. The van der Waals surface area contributed by atoms with Gasteiger partial charge >= 0.3 is 6.09 Å². The molecule has 0 atom stereocenters. The van der Waals surface area contributed by atoms with Crippen molar-refractivity contribution in [2.24, 2.45) is 0 Å². The minimum absolute atomic E-state index is 0.179. The average molecular weight is 561 g/mol. The van der Waals surface area contributed by atoms with Crippen molar-refractivity contribution in [3.05, 3.63) is 105 Å². The molecule has 0 aliphatic rings. The van der Waals surface area contributed by atoms with Crippen molar-refractivity contribution < 1.29 is 14.3 Å². The van der Waals surface area contributed by atoms with Crippen LogP contribution in [0.4, 0.5) is 4.79 Å². The Morgan fingerprint density at radius 3 is 2.65 bits per heavy atom. The number of rotatable bonds is 9. The van der Waals surface area contributed by atoms with Gasteiger partial charge in [-0.05, 0) is 56.2 Å². The number of alkyl carbamates (subject to hydrolysis) is 1. The number of ether oxygens (including phenoxy) is 2. The Morgan fingerprint density at radius 2 is 1.93 bits per heavy atom. The van der Waals surface area contributed by atoms with Gasteiger partial charge in [-0.1, -0.05) is 23.7 Å². The number of amides is 1. The Hall–Kier alpha value is -4.62. The number of imidazole rings is 1. The number of nitriles is 1. The molecular formula is C29H29ClN6O4. The molecular weight excluding hydrogens is 532 g/mol. The van der Waals surface area contributed by atoms with Gasteiger partial charge in [0, 0.05) is 43.3 Å². The highest BCUT2D eigenvalue weighted by Crippen LogP contribution is 2.21. The van der Waals surface area contributed by atoms with Crippen molar-refractivity contribution in [3.8, 4) is 17.6 Å². The standard InChI is InChI=1S/C29H29ClN6O4/c1-29(2,3)40-28(38)33-10-11-39-25-13-21(4-6-22(25)14-31)17-35-19-32-16-24(35)12-20-5-8-26(34-15-20)36-18-23(30)7-9-27(36)37/h4-9,13,15-16,18-19H,10-12,17H2,1-3H3,(H,33,38). The zero-order valence-corrected chi connectivity index (χ0v) is 23.2. The maximum Gasteiger partial charge on any atom is 0.407 e. The molecule has 10 nitrogen and oxygen atoms in total. The summed E-state index contributed by atoms with van der Waals surface area (Å²) < 4.78 is 14.4. The summed E-state index contributed by atoms with van der Waals surface area (Å²) in [6, 6.07) is 14.2. The average Bonchev–Trinajstić information content (AvgIpc) is 3.34. The summed E-state index contributed by atoms with van der Waals surface area (Å²) in [4.78, 5) is 32.7. The highest BCUT2D eigenvalue weighted by molar-refractivity contribution is 6.30. The number of aromatic nitrogens is 4. The van der Waals surface area contributed by atoms with Gasteiger partial charge in [-0.15, -0.1) is 0 Å². The summed E-state index contributed by atoms with van der Waals surface area (Å²) in [5.74, 6) is 0.917. The molecule has 4 rings (SSSR count). The van der Waals surface area contributed by atoms with Crippen LogP contribution in [-0.4, -0.2) is 43.9 Å². The minimum Gasteiger partial charge on any atom is -0.490 e. The number of halogens is 1. The number of carbonyl (C=O) groups excluding carboxylic acids is 1. The molecule has 1 amide bonds. The van der Waals surface area contributed by atoms with Crippen LogP contribution in [0.3, 0.4) is 0 Å². The Balaban J connectivity index is 1.40. The molecule has 1 aromatic carbocycles. The third kappa shape index (κ3) is 7.71. The lowest BCUT2D eigenvalue weighted by atomic mass is 10.1. The molecule has 3 aromatic heterocycles. The molecule has 0 aliphatic carbocycles. The molecule has 206 valence electrons. The van der Waals surface area contributed by atoms with E-state index in [-0.39, 0.29) is 18.7 Å². The van der Waals surface area contributed by atoms with Gasteiger partial charge in [0.25, 0.3) is 5.56 Å². The second kappa shape index (κ2) is 12.5. The Labute approximate surface area is 236 Å². The second-order valence-corrected chi connectivity index (χ2v) is 10.4. The molecule has 40 heavy (non-hydrogen) atoms. The highest BCUT2D eigenvalue weighted by atomic mass is 35.5. The van der Waals surface area contributed by atoms with Crippen molar-refractivity contribution in [3.63, 3.8) is 0 Å². The minimum atomic E-state index is -0.586. The largest absolute Gasteiger partial charge is 0.490 e. The van der Waals surface area contributed by atoms with Crippen LogP contribution in [-0.2, 0) is 17.7 Å². The maximum atomic E-state index is 12.1. The van der Waals surface area contributed by atoms with Crippen molar-refractivity contribution in [2.45, 2.75) is 39.3 Å². The van der Waals surface area contributed by atoms with E-state index < -0.39 is 11.7 Å². The first-order valence-electron chi connectivity index (χ1n) is 12.6. The van der Waals surface area contributed by atoms with Crippen molar-refractivity contribution in [2.75, 3.05) is 13.2 Å². The third-order valence-electron chi connectivity index (χ3n) is 5.66. The van der Waals surface area contributed by atoms with Crippen LogP contribution in [0.5, 0.6) is 5.75 Å². The number of nitrogens with one attached hydrogen (secondary N) is 1. The predicted octanol–water partition coefficient (Wildman–Crippen LogP) is 4.50. The van der Waals surface area contributed by atoms with E-state index in [0.717, 1.165) is 16.8 Å². The van der Waals surface area contributed by atoms with E-state index in [4.69, 9.17) is 21.1 Å². The van der Waals surface area contributed by atoms with E-state index >= 15 is 0 Å². The molecule has 0 saturated heterocycles. The monoisotopic (exact) mass is 560 g/mol. The summed E-state index contributed by atoms with van der Waals surface area (Å²) in [6.07, 6.45) is 6.84. The zero-order chi connectivity index (χ0) is 28.7. The van der Waals surface area contributed by atoms with E-state index in [1.54, 1.807) is 57.7 Å². The summed E-state index contributed by atoms with van der Waals surface area (Å²) >= 11 is 6.02. The molecule has 0 unspecified atom stereocenters. The smallest absolute Gasteiger partial charge is 0.407 e. The molecule has 4 aromatic rings. The van der Waals surface area contributed by atoms with Crippen LogP contribution in [0.15, 0.2) is 72.2 Å². The van der Waals surface area contributed by atoms with E-state index in [9.17, 15) is 14.9 Å². The van der Waals surface area contributed by atoms with E-state index in [1.807, 2.05) is 22.8 Å². The number of benzene rings is 1. The maximum absolute atomic E-state index is 12.1. The summed E-state index contributed by atoms with van der Waals surface area (Å²) in [7, 11) is 0. The topological polar surface area (TPSA) is 124 Å². The third-order valence-corrected chi connectivity index (χ3v) is 5.89. The van der Waals surface area contributed by atoms with Crippen molar-refractivity contribution in [1.82, 2.24) is 24.4 Å². The number of carbonyl (C=O) groups is 1. The second-order valence-electron chi connectivity index (χ2n) is 9.99. The Kier molecular flexibility index (Phi) is 8.86.